The van der Waals surface area contributed by atoms with Crippen molar-refractivity contribution in [3.8, 4) is 0 Å². The second-order valence-electron chi connectivity index (χ2n) is 5.02. The number of rotatable bonds is 3. The fourth-order valence-electron chi connectivity index (χ4n) is 2.47. The van der Waals surface area contributed by atoms with Crippen LogP contribution < -0.4 is 4.90 Å². The van der Waals surface area contributed by atoms with E-state index in [1.54, 1.807) is 11.4 Å². The summed E-state index contributed by atoms with van der Waals surface area (Å²) in [7, 11) is -3.55. The highest BCUT2D eigenvalue weighted by Gasteiger charge is 2.30. The number of hydrogen-bond acceptors (Lipinski definition) is 4. The summed E-state index contributed by atoms with van der Waals surface area (Å²) in [6.07, 6.45) is 0. The first kappa shape index (κ1) is 16.3. The maximum Gasteiger partial charge on any atom is 0.252 e. The molecule has 0 spiro atoms. The van der Waals surface area contributed by atoms with Gasteiger partial charge in [-0.2, -0.15) is 4.31 Å². The van der Waals surface area contributed by atoms with E-state index in [0.29, 0.717) is 0 Å². The molecule has 23 heavy (non-hydrogen) atoms. The molecule has 2 heterocycles. The summed E-state index contributed by atoms with van der Waals surface area (Å²) in [6.45, 7) is 0.705. The molecule has 9 heteroatoms. The Morgan fingerprint density at radius 2 is 1.65 bits per heavy atom. The van der Waals surface area contributed by atoms with E-state index in [1.165, 1.54) is 15.3 Å². The zero-order chi connectivity index (χ0) is 16.6. The van der Waals surface area contributed by atoms with Crippen LogP contribution >= 0.6 is 11.3 Å². The zero-order valence-corrected chi connectivity index (χ0v) is 13.5. The number of hydrogen-bond donors (Lipinski definition) is 0. The van der Waals surface area contributed by atoms with Gasteiger partial charge in [-0.05, 0) is 23.6 Å². The van der Waals surface area contributed by atoms with Gasteiger partial charge in [0.05, 0.1) is 5.69 Å². The Morgan fingerprint density at radius 1 is 0.957 bits per heavy atom. The van der Waals surface area contributed by atoms with Crippen molar-refractivity contribution < 1.29 is 21.6 Å². The van der Waals surface area contributed by atoms with Gasteiger partial charge >= 0.3 is 0 Å². The van der Waals surface area contributed by atoms with Gasteiger partial charge in [-0.3, -0.25) is 0 Å². The summed E-state index contributed by atoms with van der Waals surface area (Å²) < 4.78 is 66.5. The van der Waals surface area contributed by atoms with Crippen molar-refractivity contribution in [1.29, 1.82) is 0 Å². The second-order valence-corrected chi connectivity index (χ2v) is 8.13. The molecule has 0 aliphatic carbocycles. The fraction of sp³-hybridized carbons (Fsp3) is 0.286. The molecule has 0 unspecified atom stereocenters. The number of benzene rings is 1. The number of piperazine rings is 1. The highest BCUT2D eigenvalue weighted by molar-refractivity contribution is 7.91. The fourth-order valence-corrected chi connectivity index (χ4v) is 5.03. The van der Waals surface area contributed by atoms with E-state index in [4.69, 9.17) is 0 Å². The Kier molecular flexibility index (Phi) is 4.35. The minimum Gasteiger partial charge on any atom is -0.366 e. The molecule has 124 valence electrons. The largest absolute Gasteiger partial charge is 0.366 e. The van der Waals surface area contributed by atoms with Crippen LogP contribution in [-0.4, -0.2) is 38.9 Å². The average molecular weight is 362 g/mol. The van der Waals surface area contributed by atoms with Crippen LogP contribution in [0.1, 0.15) is 0 Å². The minimum absolute atomic E-state index is 0.0583. The molecule has 1 saturated heterocycles. The van der Waals surface area contributed by atoms with Crippen LogP contribution in [0.15, 0.2) is 33.9 Å². The van der Waals surface area contributed by atoms with Crippen molar-refractivity contribution in [2.45, 2.75) is 4.21 Å². The van der Waals surface area contributed by atoms with Gasteiger partial charge in [-0.15, -0.1) is 11.3 Å². The third kappa shape index (κ3) is 2.96. The Hall–Kier alpha value is -1.58. The summed E-state index contributed by atoms with van der Waals surface area (Å²) >= 11 is 1.13. The van der Waals surface area contributed by atoms with Crippen LogP contribution in [0.3, 0.4) is 0 Å². The summed E-state index contributed by atoms with van der Waals surface area (Å²) in [5.74, 6) is -4.01. The Balaban J connectivity index is 1.76. The Labute approximate surface area is 135 Å². The molecule has 0 amide bonds. The monoisotopic (exact) mass is 362 g/mol. The van der Waals surface area contributed by atoms with E-state index in [-0.39, 0.29) is 36.1 Å². The molecular weight excluding hydrogens is 349 g/mol. The first-order valence-electron chi connectivity index (χ1n) is 6.83. The molecule has 0 N–H and O–H groups in total. The van der Waals surface area contributed by atoms with Crippen LogP contribution in [0.25, 0.3) is 0 Å². The molecule has 1 aromatic carbocycles. The molecule has 1 aliphatic rings. The van der Waals surface area contributed by atoms with Gasteiger partial charge in [-0.1, -0.05) is 6.07 Å². The molecular formula is C14H13F3N2O2S2. The average Bonchev–Trinajstić information content (AvgIpc) is 3.08. The van der Waals surface area contributed by atoms with Crippen molar-refractivity contribution in [1.82, 2.24) is 4.31 Å². The normalized spacial score (nSPS) is 16.7. The van der Waals surface area contributed by atoms with Crippen LogP contribution in [0, 0.1) is 17.5 Å². The summed E-state index contributed by atoms with van der Waals surface area (Å²) in [5, 5.41) is 1.68. The molecule has 0 bridgehead atoms. The molecule has 1 aromatic heterocycles. The molecule has 0 radical (unpaired) electrons. The van der Waals surface area contributed by atoms with Crippen molar-refractivity contribution in [3.63, 3.8) is 0 Å². The van der Waals surface area contributed by atoms with Crippen LogP contribution in [0.5, 0.6) is 0 Å². The van der Waals surface area contributed by atoms with Crippen molar-refractivity contribution in [2.24, 2.45) is 0 Å². The maximum absolute atomic E-state index is 13.8. The van der Waals surface area contributed by atoms with E-state index in [1.807, 2.05) is 0 Å². The number of nitrogens with zero attached hydrogens (tertiary/aromatic N) is 2. The SMILES string of the molecule is O=S(=O)(c1cccs1)N1CCN(c2ccc(F)c(F)c2F)CC1. The van der Waals surface area contributed by atoms with Gasteiger partial charge in [0.1, 0.15) is 4.21 Å². The predicted molar refractivity (Wildman–Crippen MR) is 81.6 cm³/mol. The van der Waals surface area contributed by atoms with Gasteiger partial charge in [0, 0.05) is 26.2 Å². The van der Waals surface area contributed by atoms with Gasteiger partial charge in [-0.25, -0.2) is 21.6 Å². The van der Waals surface area contributed by atoms with Gasteiger partial charge in [0.15, 0.2) is 17.5 Å². The molecule has 0 atom stereocenters. The van der Waals surface area contributed by atoms with Crippen molar-refractivity contribution in [2.75, 3.05) is 31.1 Å². The van der Waals surface area contributed by atoms with E-state index in [9.17, 15) is 21.6 Å². The van der Waals surface area contributed by atoms with Gasteiger partial charge < -0.3 is 4.90 Å². The lowest BCUT2D eigenvalue weighted by Crippen LogP contribution is -2.48. The lowest BCUT2D eigenvalue weighted by atomic mass is 10.2. The number of sulfonamides is 1. The van der Waals surface area contributed by atoms with Crippen molar-refractivity contribution in [3.05, 3.63) is 47.1 Å². The van der Waals surface area contributed by atoms with Crippen LogP contribution in [0.4, 0.5) is 18.9 Å². The minimum atomic E-state index is -3.55. The summed E-state index contributed by atoms with van der Waals surface area (Å²) in [6, 6.07) is 5.21. The first-order chi connectivity index (χ1) is 10.9. The van der Waals surface area contributed by atoms with E-state index in [2.05, 4.69) is 0 Å². The number of anilines is 1. The van der Waals surface area contributed by atoms with E-state index >= 15 is 0 Å². The third-order valence-electron chi connectivity index (χ3n) is 3.68. The predicted octanol–water partition coefficient (Wildman–Crippen LogP) is 2.68. The topological polar surface area (TPSA) is 40.6 Å². The summed E-state index contributed by atoms with van der Waals surface area (Å²) in [4.78, 5) is 1.51. The standard InChI is InChI=1S/C14H13F3N2O2S2/c15-10-3-4-11(14(17)13(10)16)18-5-7-19(8-6-18)23(20,21)12-2-1-9-22-12/h1-4,9H,5-8H2. The van der Waals surface area contributed by atoms with Crippen LogP contribution in [0.2, 0.25) is 0 Å². The van der Waals surface area contributed by atoms with E-state index < -0.39 is 27.5 Å². The molecule has 1 fully saturated rings. The van der Waals surface area contributed by atoms with Gasteiger partial charge in [0.25, 0.3) is 10.0 Å². The smallest absolute Gasteiger partial charge is 0.252 e. The van der Waals surface area contributed by atoms with Crippen LogP contribution in [-0.2, 0) is 10.0 Å². The van der Waals surface area contributed by atoms with Crippen molar-refractivity contribution >= 4 is 27.0 Å². The number of thiophene rings is 1. The Morgan fingerprint density at radius 3 is 2.26 bits per heavy atom. The summed E-state index contributed by atoms with van der Waals surface area (Å²) in [5.41, 5.74) is -0.0583. The third-order valence-corrected chi connectivity index (χ3v) is 6.96. The maximum atomic E-state index is 13.8. The number of halogens is 3. The molecule has 2 aromatic rings. The molecule has 0 saturated carbocycles. The first-order valence-corrected chi connectivity index (χ1v) is 9.15. The quantitative estimate of drug-likeness (QED) is 0.789. The van der Waals surface area contributed by atoms with E-state index in [0.717, 1.165) is 23.5 Å². The molecule has 1 aliphatic heterocycles. The lowest BCUT2D eigenvalue weighted by molar-refractivity contribution is 0.381. The molecule has 4 nitrogen and oxygen atoms in total. The second kappa shape index (κ2) is 6.14. The zero-order valence-electron chi connectivity index (χ0n) is 11.9. The molecule has 3 rings (SSSR count). The van der Waals surface area contributed by atoms with Gasteiger partial charge in [0.2, 0.25) is 0 Å². The highest BCUT2D eigenvalue weighted by Crippen LogP contribution is 2.27. The lowest BCUT2D eigenvalue weighted by Gasteiger charge is -2.35. The Bertz CT molecular complexity index is 802. The highest BCUT2D eigenvalue weighted by atomic mass is 32.2.